The van der Waals surface area contributed by atoms with E-state index in [0.29, 0.717) is 5.75 Å². The van der Waals surface area contributed by atoms with Crippen LogP contribution in [0.4, 0.5) is 0 Å². The molecule has 0 spiro atoms. The summed E-state index contributed by atoms with van der Waals surface area (Å²) >= 11 is 0. The molecule has 1 aromatic carbocycles. The molecular weight excluding hydrogens is 158 g/mol. The van der Waals surface area contributed by atoms with Gasteiger partial charge in [0.2, 0.25) is 0 Å². The number of phenolic OH excluding ortho intramolecular Hbond substituents is 1. The lowest BCUT2D eigenvalue weighted by Crippen LogP contribution is -1.88. The van der Waals surface area contributed by atoms with E-state index in [4.69, 9.17) is 9.57 Å². The molecule has 1 aliphatic heterocycles. The van der Waals surface area contributed by atoms with Crippen LogP contribution in [0, 0.1) is 0 Å². The van der Waals surface area contributed by atoms with Gasteiger partial charge in [-0.2, -0.15) is 5.48 Å². The van der Waals surface area contributed by atoms with Gasteiger partial charge in [0.05, 0.1) is 7.11 Å². The molecule has 1 heterocycles. The molecular formula is C8H9NO3. The molecule has 0 aromatic heterocycles. The van der Waals surface area contributed by atoms with Gasteiger partial charge < -0.3 is 9.84 Å². The third-order valence-corrected chi connectivity index (χ3v) is 1.74. The Kier molecular flexibility index (Phi) is 1.64. The van der Waals surface area contributed by atoms with Gasteiger partial charge in [-0.05, 0) is 12.1 Å². The van der Waals surface area contributed by atoms with E-state index in [-0.39, 0.29) is 12.0 Å². The minimum atomic E-state index is -0.0421. The Labute approximate surface area is 69.7 Å². The maximum atomic E-state index is 9.25. The Morgan fingerprint density at radius 2 is 2.33 bits per heavy atom. The maximum absolute atomic E-state index is 9.25. The molecule has 0 saturated carbocycles. The minimum Gasteiger partial charge on any atom is -0.504 e. The highest BCUT2D eigenvalue weighted by atomic mass is 16.8. The van der Waals surface area contributed by atoms with Crippen LogP contribution >= 0.6 is 0 Å². The number of hydroxylamine groups is 1. The second-order valence-corrected chi connectivity index (χ2v) is 2.55. The minimum absolute atomic E-state index is 0.0421. The molecule has 1 saturated heterocycles. The van der Waals surface area contributed by atoms with E-state index in [0.717, 1.165) is 5.56 Å². The van der Waals surface area contributed by atoms with Crippen molar-refractivity contribution in [3.8, 4) is 11.5 Å². The number of benzene rings is 1. The van der Waals surface area contributed by atoms with Crippen molar-refractivity contribution in [2.24, 2.45) is 0 Å². The lowest BCUT2D eigenvalue weighted by molar-refractivity contribution is 0.365. The smallest absolute Gasteiger partial charge is 0.177 e. The first kappa shape index (κ1) is 7.39. The zero-order chi connectivity index (χ0) is 8.55. The van der Waals surface area contributed by atoms with E-state index < -0.39 is 0 Å². The number of aromatic hydroxyl groups is 1. The van der Waals surface area contributed by atoms with Gasteiger partial charge in [0, 0.05) is 5.56 Å². The fourth-order valence-corrected chi connectivity index (χ4v) is 1.03. The van der Waals surface area contributed by atoms with E-state index >= 15 is 0 Å². The Balaban J connectivity index is 2.33. The van der Waals surface area contributed by atoms with Crippen molar-refractivity contribution in [2.45, 2.75) is 6.23 Å². The predicted octanol–water partition coefficient (Wildman–Crippen LogP) is 0.934. The van der Waals surface area contributed by atoms with Crippen LogP contribution in [0.1, 0.15) is 11.8 Å². The highest BCUT2D eigenvalue weighted by Crippen LogP contribution is 2.32. The molecule has 12 heavy (non-hydrogen) atoms. The van der Waals surface area contributed by atoms with Crippen LogP contribution in [-0.4, -0.2) is 12.2 Å². The van der Waals surface area contributed by atoms with Gasteiger partial charge in [-0.25, -0.2) is 0 Å². The van der Waals surface area contributed by atoms with E-state index in [1.54, 1.807) is 18.2 Å². The van der Waals surface area contributed by atoms with Crippen molar-refractivity contribution in [3.05, 3.63) is 23.8 Å². The number of phenols is 1. The zero-order valence-electron chi connectivity index (χ0n) is 6.57. The van der Waals surface area contributed by atoms with E-state index in [2.05, 4.69) is 5.48 Å². The van der Waals surface area contributed by atoms with Gasteiger partial charge in [-0.3, -0.25) is 4.84 Å². The summed E-state index contributed by atoms with van der Waals surface area (Å²) in [5.41, 5.74) is 3.63. The number of hydrogen-bond acceptors (Lipinski definition) is 4. The van der Waals surface area contributed by atoms with Crippen LogP contribution < -0.4 is 10.2 Å². The molecule has 64 valence electrons. The highest BCUT2D eigenvalue weighted by Gasteiger charge is 2.25. The average molecular weight is 167 g/mol. The molecule has 1 unspecified atom stereocenters. The van der Waals surface area contributed by atoms with Crippen LogP contribution in [0.2, 0.25) is 0 Å². The van der Waals surface area contributed by atoms with E-state index in [1.165, 1.54) is 7.11 Å². The number of ether oxygens (including phenoxy) is 1. The van der Waals surface area contributed by atoms with Crippen molar-refractivity contribution in [3.63, 3.8) is 0 Å². The van der Waals surface area contributed by atoms with Gasteiger partial charge in [0.15, 0.2) is 17.7 Å². The summed E-state index contributed by atoms with van der Waals surface area (Å²) in [5, 5.41) is 9.25. The Hall–Kier alpha value is -1.26. The summed E-state index contributed by atoms with van der Waals surface area (Å²) in [6.07, 6.45) is -0.0421. The van der Waals surface area contributed by atoms with Crippen LogP contribution in [-0.2, 0) is 4.84 Å². The second kappa shape index (κ2) is 2.66. The third kappa shape index (κ3) is 1.22. The molecule has 1 fully saturated rings. The molecule has 0 amide bonds. The Morgan fingerprint density at radius 3 is 2.92 bits per heavy atom. The fraction of sp³-hybridized carbons (Fsp3) is 0.250. The van der Waals surface area contributed by atoms with E-state index in [1.807, 2.05) is 0 Å². The standard InChI is InChI=1S/C8H9NO3/c1-11-7-4-5(8-9-12-8)2-3-6(7)10/h2-4,8-10H,1H3. The van der Waals surface area contributed by atoms with Gasteiger partial charge >= 0.3 is 0 Å². The largest absolute Gasteiger partial charge is 0.504 e. The van der Waals surface area contributed by atoms with Gasteiger partial charge in [-0.1, -0.05) is 6.07 Å². The molecule has 0 radical (unpaired) electrons. The van der Waals surface area contributed by atoms with Gasteiger partial charge in [0.25, 0.3) is 0 Å². The van der Waals surface area contributed by atoms with Gasteiger partial charge in [-0.15, -0.1) is 0 Å². The summed E-state index contributed by atoms with van der Waals surface area (Å²) in [6.45, 7) is 0. The first-order valence-corrected chi connectivity index (χ1v) is 3.59. The first-order valence-electron chi connectivity index (χ1n) is 3.59. The van der Waals surface area contributed by atoms with Crippen molar-refractivity contribution in [2.75, 3.05) is 7.11 Å². The van der Waals surface area contributed by atoms with E-state index in [9.17, 15) is 5.11 Å². The SMILES string of the molecule is COc1cc(C2NO2)ccc1O. The molecule has 1 aromatic rings. The molecule has 0 bridgehead atoms. The fourth-order valence-electron chi connectivity index (χ4n) is 1.03. The summed E-state index contributed by atoms with van der Waals surface area (Å²) in [6, 6.07) is 5.10. The second-order valence-electron chi connectivity index (χ2n) is 2.55. The predicted molar refractivity (Wildman–Crippen MR) is 41.6 cm³/mol. The summed E-state index contributed by atoms with van der Waals surface area (Å²) in [7, 11) is 1.51. The molecule has 2 N–H and O–H groups in total. The normalized spacial score (nSPS) is 20.6. The first-order chi connectivity index (χ1) is 5.81. The topological polar surface area (TPSA) is 63.9 Å². The Morgan fingerprint density at radius 1 is 1.58 bits per heavy atom. The van der Waals surface area contributed by atoms with Crippen molar-refractivity contribution < 1.29 is 14.7 Å². The average Bonchev–Trinajstić information content (AvgIpc) is 2.88. The third-order valence-electron chi connectivity index (χ3n) is 1.74. The number of rotatable bonds is 2. The molecule has 2 rings (SSSR count). The Bertz CT molecular complexity index is 296. The summed E-state index contributed by atoms with van der Waals surface area (Å²) in [5.74, 6) is 0.603. The van der Waals surface area contributed by atoms with Crippen LogP contribution in [0.15, 0.2) is 18.2 Å². The van der Waals surface area contributed by atoms with Crippen LogP contribution in [0.3, 0.4) is 0 Å². The monoisotopic (exact) mass is 167 g/mol. The number of hydrogen-bond donors (Lipinski definition) is 2. The molecule has 1 aliphatic rings. The van der Waals surface area contributed by atoms with Crippen molar-refractivity contribution in [1.29, 1.82) is 0 Å². The molecule has 0 aliphatic carbocycles. The van der Waals surface area contributed by atoms with Crippen molar-refractivity contribution in [1.82, 2.24) is 5.48 Å². The lowest BCUT2D eigenvalue weighted by Gasteiger charge is -2.03. The zero-order valence-corrected chi connectivity index (χ0v) is 6.57. The van der Waals surface area contributed by atoms with Gasteiger partial charge in [0.1, 0.15) is 0 Å². The molecule has 4 heteroatoms. The van der Waals surface area contributed by atoms with Crippen molar-refractivity contribution >= 4 is 0 Å². The molecule has 4 nitrogen and oxygen atoms in total. The summed E-state index contributed by atoms with van der Waals surface area (Å²) < 4.78 is 4.93. The number of nitrogens with one attached hydrogen (secondary N) is 1. The van der Waals surface area contributed by atoms with Crippen LogP contribution in [0.5, 0.6) is 11.5 Å². The molecule has 1 atom stereocenters. The highest BCUT2D eigenvalue weighted by molar-refractivity contribution is 5.42. The maximum Gasteiger partial charge on any atom is 0.177 e. The summed E-state index contributed by atoms with van der Waals surface area (Å²) in [4.78, 5) is 4.85. The number of methoxy groups -OCH3 is 1. The van der Waals surface area contributed by atoms with Crippen LogP contribution in [0.25, 0.3) is 0 Å². The quantitative estimate of drug-likeness (QED) is 0.643. The lowest BCUT2D eigenvalue weighted by atomic mass is 10.2.